The lowest BCUT2D eigenvalue weighted by Crippen LogP contribution is -2.41. The summed E-state index contributed by atoms with van der Waals surface area (Å²) in [6, 6.07) is 14.5. The average Bonchev–Trinajstić information content (AvgIpc) is 2.51. The van der Waals surface area contributed by atoms with Crippen LogP contribution in [0.15, 0.2) is 48.5 Å². The number of benzene rings is 2. The molecule has 0 aliphatic heterocycles. The smallest absolute Gasteiger partial charge is 0.124 e. The molecule has 0 spiro atoms. The molecular formula is C22H30FNO. The molecule has 2 aromatic rings. The first-order valence-electron chi connectivity index (χ1n) is 8.85. The second-order valence-electron chi connectivity index (χ2n) is 8.50. The summed E-state index contributed by atoms with van der Waals surface area (Å²) in [6.07, 6.45) is 1.08. The summed E-state index contributed by atoms with van der Waals surface area (Å²) in [7, 11) is 0. The average molecular weight is 343 g/mol. The molecule has 0 fully saturated rings. The van der Waals surface area contributed by atoms with Crippen LogP contribution in [0.25, 0.3) is 0 Å². The molecule has 0 amide bonds. The van der Waals surface area contributed by atoms with Gasteiger partial charge in [-0.05, 0) is 49.4 Å². The van der Waals surface area contributed by atoms with Crippen molar-refractivity contribution in [2.45, 2.75) is 59.7 Å². The van der Waals surface area contributed by atoms with Gasteiger partial charge in [-0.3, -0.25) is 0 Å². The van der Waals surface area contributed by atoms with Gasteiger partial charge in [0.15, 0.2) is 0 Å². The van der Waals surface area contributed by atoms with Gasteiger partial charge in [-0.2, -0.15) is 0 Å². The van der Waals surface area contributed by atoms with Crippen LogP contribution >= 0.6 is 0 Å². The number of hydrogen-bond donors (Lipinski definition) is 1. The number of para-hydroxylation sites is 1. The van der Waals surface area contributed by atoms with Crippen molar-refractivity contribution in [1.29, 1.82) is 0 Å². The third-order valence-electron chi connectivity index (χ3n) is 4.01. The zero-order valence-corrected chi connectivity index (χ0v) is 16.0. The van der Waals surface area contributed by atoms with Gasteiger partial charge in [0, 0.05) is 17.6 Å². The molecule has 0 aliphatic rings. The van der Waals surface area contributed by atoms with Crippen LogP contribution < -0.4 is 10.1 Å². The predicted molar refractivity (Wildman–Crippen MR) is 102 cm³/mol. The van der Waals surface area contributed by atoms with Crippen molar-refractivity contribution in [3.63, 3.8) is 0 Å². The van der Waals surface area contributed by atoms with Crippen molar-refractivity contribution >= 4 is 0 Å². The Bertz CT molecular complexity index is 671. The van der Waals surface area contributed by atoms with Crippen LogP contribution in [0.5, 0.6) is 5.75 Å². The van der Waals surface area contributed by atoms with Gasteiger partial charge in [-0.1, -0.05) is 51.1 Å². The third kappa shape index (κ3) is 6.87. The van der Waals surface area contributed by atoms with Gasteiger partial charge in [-0.25, -0.2) is 4.39 Å². The molecule has 0 saturated heterocycles. The van der Waals surface area contributed by atoms with Crippen molar-refractivity contribution in [1.82, 2.24) is 5.32 Å². The second kappa shape index (κ2) is 8.01. The standard InChI is InChI=1S/C22H30FNO/c1-21(2,3)16-22(4,5)24-14-18-8-6-7-9-20(18)25-15-17-10-12-19(23)13-11-17/h6-13,24H,14-16H2,1-5H3. The molecule has 2 rings (SSSR count). The number of rotatable bonds is 7. The maximum atomic E-state index is 13.0. The zero-order chi connectivity index (χ0) is 18.5. The first kappa shape index (κ1) is 19.5. The Balaban J connectivity index is 1.99. The van der Waals surface area contributed by atoms with E-state index in [0.29, 0.717) is 6.61 Å². The molecule has 1 N–H and O–H groups in total. The van der Waals surface area contributed by atoms with Crippen molar-refractivity contribution in [2.24, 2.45) is 5.41 Å². The lowest BCUT2D eigenvalue weighted by Gasteiger charge is -2.33. The fraction of sp³-hybridized carbons (Fsp3) is 0.455. The molecular weight excluding hydrogens is 313 g/mol. The minimum Gasteiger partial charge on any atom is -0.489 e. The van der Waals surface area contributed by atoms with E-state index in [2.05, 4.69) is 46.0 Å². The van der Waals surface area contributed by atoms with Crippen LogP contribution in [0.3, 0.4) is 0 Å². The predicted octanol–water partition coefficient (Wildman–Crippen LogP) is 5.71. The number of ether oxygens (including phenoxy) is 1. The summed E-state index contributed by atoms with van der Waals surface area (Å²) < 4.78 is 19.0. The fourth-order valence-corrected chi connectivity index (χ4v) is 3.26. The molecule has 3 heteroatoms. The summed E-state index contributed by atoms with van der Waals surface area (Å²) in [4.78, 5) is 0. The Hall–Kier alpha value is -1.87. The van der Waals surface area contributed by atoms with Crippen LogP contribution in [0.1, 0.15) is 52.2 Å². The van der Waals surface area contributed by atoms with E-state index < -0.39 is 0 Å². The van der Waals surface area contributed by atoms with Crippen LogP contribution in [0.4, 0.5) is 4.39 Å². The van der Waals surface area contributed by atoms with Crippen LogP contribution in [-0.2, 0) is 13.2 Å². The largest absolute Gasteiger partial charge is 0.489 e. The molecule has 0 atom stereocenters. The highest BCUT2D eigenvalue weighted by Gasteiger charge is 2.25. The van der Waals surface area contributed by atoms with Crippen molar-refractivity contribution in [3.8, 4) is 5.75 Å². The van der Waals surface area contributed by atoms with Crippen LogP contribution in [0, 0.1) is 11.2 Å². The third-order valence-corrected chi connectivity index (χ3v) is 4.01. The maximum absolute atomic E-state index is 13.0. The normalized spacial score (nSPS) is 12.2. The summed E-state index contributed by atoms with van der Waals surface area (Å²) in [5.41, 5.74) is 2.40. The minimum absolute atomic E-state index is 0.0440. The summed E-state index contributed by atoms with van der Waals surface area (Å²) in [5, 5.41) is 3.65. The quantitative estimate of drug-likeness (QED) is 0.695. The Morgan fingerprint density at radius 2 is 1.56 bits per heavy atom. The Labute approximate surface area is 151 Å². The van der Waals surface area contributed by atoms with Crippen molar-refractivity contribution < 1.29 is 9.13 Å². The lowest BCUT2D eigenvalue weighted by atomic mass is 9.82. The number of halogens is 1. The van der Waals surface area contributed by atoms with Crippen LogP contribution in [-0.4, -0.2) is 5.54 Å². The van der Waals surface area contributed by atoms with E-state index in [4.69, 9.17) is 4.74 Å². The van der Waals surface area contributed by atoms with Gasteiger partial charge in [0.2, 0.25) is 0 Å². The summed E-state index contributed by atoms with van der Waals surface area (Å²) in [6.45, 7) is 12.4. The molecule has 0 unspecified atom stereocenters. The summed E-state index contributed by atoms with van der Waals surface area (Å²) >= 11 is 0. The van der Waals surface area contributed by atoms with Gasteiger partial charge in [-0.15, -0.1) is 0 Å². The Kier molecular flexibility index (Phi) is 6.23. The number of hydrogen-bond acceptors (Lipinski definition) is 2. The van der Waals surface area contributed by atoms with E-state index in [0.717, 1.165) is 29.8 Å². The van der Waals surface area contributed by atoms with E-state index in [9.17, 15) is 4.39 Å². The van der Waals surface area contributed by atoms with E-state index in [1.807, 2.05) is 18.2 Å². The number of nitrogens with one attached hydrogen (secondary N) is 1. The second-order valence-corrected chi connectivity index (χ2v) is 8.50. The molecule has 2 aromatic carbocycles. The molecule has 25 heavy (non-hydrogen) atoms. The van der Waals surface area contributed by atoms with Gasteiger partial charge in [0.1, 0.15) is 18.2 Å². The van der Waals surface area contributed by atoms with E-state index >= 15 is 0 Å². The Morgan fingerprint density at radius 3 is 2.20 bits per heavy atom. The van der Waals surface area contributed by atoms with E-state index in [1.54, 1.807) is 12.1 Å². The van der Waals surface area contributed by atoms with Gasteiger partial charge < -0.3 is 10.1 Å². The highest BCUT2D eigenvalue weighted by atomic mass is 19.1. The molecule has 0 aliphatic carbocycles. The molecule has 0 radical (unpaired) electrons. The van der Waals surface area contributed by atoms with E-state index in [-0.39, 0.29) is 16.8 Å². The van der Waals surface area contributed by atoms with Gasteiger partial charge in [0.05, 0.1) is 0 Å². The highest BCUT2D eigenvalue weighted by Crippen LogP contribution is 2.28. The molecule has 0 saturated carbocycles. The molecule has 2 nitrogen and oxygen atoms in total. The van der Waals surface area contributed by atoms with Crippen molar-refractivity contribution in [3.05, 3.63) is 65.5 Å². The molecule has 136 valence electrons. The topological polar surface area (TPSA) is 21.3 Å². The van der Waals surface area contributed by atoms with Gasteiger partial charge >= 0.3 is 0 Å². The zero-order valence-electron chi connectivity index (χ0n) is 16.0. The van der Waals surface area contributed by atoms with Crippen molar-refractivity contribution in [2.75, 3.05) is 0 Å². The lowest BCUT2D eigenvalue weighted by molar-refractivity contribution is 0.238. The summed E-state index contributed by atoms with van der Waals surface area (Å²) in [5.74, 6) is 0.639. The SMILES string of the molecule is CC(C)(C)CC(C)(C)NCc1ccccc1OCc1ccc(F)cc1. The molecule has 0 aromatic heterocycles. The van der Waals surface area contributed by atoms with E-state index in [1.165, 1.54) is 12.1 Å². The molecule has 0 bridgehead atoms. The van der Waals surface area contributed by atoms with Crippen LogP contribution in [0.2, 0.25) is 0 Å². The fourth-order valence-electron chi connectivity index (χ4n) is 3.26. The molecule has 0 heterocycles. The highest BCUT2D eigenvalue weighted by molar-refractivity contribution is 5.33. The monoisotopic (exact) mass is 343 g/mol. The maximum Gasteiger partial charge on any atom is 0.124 e. The first-order valence-corrected chi connectivity index (χ1v) is 8.85. The minimum atomic E-state index is -0.227. The Morgan fingerprint density at radius 1 is 0.920 bits per heavy atom. The first-order chi connectivity index (χ1) is 11.6. The van der Waals surface area contributed by atoms with Gasteiger partial charge in [0.25, 0.3) is 0 Å².